The Morgan fingerprint density at radius 3 is 2.44 bits per heavy atom. The van der Waals surface area contributed by atoms with Crippen LogP contribution in [0.15, 0.2) is 53.7 Å². The second-order valence-electron chi connectivity index (χ2n) is 7.78. The molecule has 3 rings (SSSR count). The number of piperazine rings is 1. The van der Waals surface area contributed by atoms with Gasteiger partial charge in [0.2, 0.25) is 0 Å². The van der Waals surface area contributed by atoms with Gasteiger partial charge in [0.25, 0.3) is 0 Å². The van der Waals surface area contributed by atoms with Gasteiger partial charge in [-0.3, -0.25) is 0 Å². The molecule has 0 aliphatic carbocycles. The van der Waals surface area contributed by atoms with Gasteiger partial charge in [-0.05, 0) is 37.1 Å². The van der Waals surface area contributed by atoms with E-state index in [1.54, 1.807) is 0 Å². The number of rotatable bonds is 9. The second kappa shape index (κ2) is 14.3. The van der Waals surface area contributed by atoms with Crippen LogP contribution in [-0.2, 0) is 6.54 Å². The first kappa shape index (κ1) is 26.3. The predicted molar refractivity (Wildman–Crippen MR) is 143 cm³/mol. The van der Waals surface area contributed by atoms with Gasteiger partial charge in [0, 0.05) is 45.5 Å². The van der Waals surface area contributed by atoms with Crippen LogP contribution < -0.4 is 15.5 Å². The zero-order valence-electron chi connectivity index (χ0n) is 19.2. The van der Waals surface area contributed by atoms with E-state index in [-0.39, 0.29) is 24.0 Å². The summed E-state index contributed by atoms with van der Waals surface area (Å²) in [6.07, 6.45) is 2.07. The van der Waals surface area contributed by atoms with E-state index in [4.69, 9.17) is 0 Å². The van der Waals surface area contributed by atoms with E-state index in [9.17, 15) is 5.11 Å². The maximum Gasteiger partial charge on any atom is 0.191 e. The number of nitrogens with zero attached hydrogens (tertiary/aromatic N) is 4. The first-order valence-corrected chi connectivity index (χ1v) is 11.4. The molecule has 8 heteroatoms. The molecule has 2 heterocycles. The Morgan fingerprint density at radius 2 is 1.81 bits per heavy atom. The summed E-state index contributed by atoms with van der Waals surface area (Å²) in [5.41, 5.74) is 2.02. The summed E-state index contributed by atoms with van der Waals surface area (Å²) < 4.78 is 0. The number of aromatic nitrogens is 1. The molecule has 1 aromatic heterocycles. The number of nitrogens with one attached hydrogen (secondary N) is 2. The third-order valence-electron chi connectivity index (χ3n) is 5.61. The van der Waals surface area contributed by atoms with Gasteiger partial charge in [-0.25, -0.2) is 9.98 Å². The van der Waals surface area contributed by atoms with Crippen LogP contribution in [0.4, 0.5) is 5.82 Å². The monoisotopic (exact) mass is 552 g/mol. The van der Waals surface area contributed by atoms with E-state index in [0.717, 1.165) is 62.2 Å². The van der Waals surface area contributed by atoms with Crippen LogP contribution in [0.3, 0.4) is 0 Å². The summed E-state index contributed by atoms with van der Waals surface area (Å²) in [6.45, 7) is 11.6. The van der Waals surface area contributed by atoms with Gasteiger partial charge in [0.1, 0.15) is 5.82 Å². The second-order valence-corrected chi connectivity index (χ2v) is 7.78. The molecule has 0 amide bonds. The smallest absolute Gasteiger partial charge is 0.191 e. The summed E-state index contributed by atoms with van der Waals surface area (Å²) in [6, 6.07) is 14.0. The van der Waals surface area contributed by atoms with Crippen LogP contribution in [-0.4, -0.2) is 66.8 Å². The lowest BCUT2D eigenvalue weighted by atomic mass is 10.1. The van der Waals surface area contributed by atoms with Crippen LogP contribution in [0.1, 0.15) is 37.5 Å². The number of aliphatic hydroxyl groups is 1. The van der Waals surface area contributed by atoms with Crippen LogP contribution in [0.25, 0.3) is 0 Å². The van der Waals surface area contributed by atoms with Crippen molar-refractivity contribution in [2.24, 2.45) is 4.99 Å². The van der Waals surface area contributed by atoms with Crippen molar-refractivity contribution in [3.63, 3.8) is 0 Å². The van der Waals surface area contributed by atoms with Gasteiger partial charge in [0.15, 0.2) is 5.96 Å². The van der Waals surface area contributed by atoms with Crippen LogP contribution >= 0.6 is 24.0 Å². The highest BCUT2D eigenvalue weighted by atomic mass is 127. The van der Waals surface area contributed by atoms with E-state index in [2.05, 4.69) is 49.5 Å². The molecule has 1 aliphatic heterocycles. The van der Waals surface area contributed by atoms with Crippen LogP contribution in [0, 0.1) is 0 Å². The van der Waals surface area contributed by atoms with E-state index in [0.29, 0.717) is 19.5 Å². The third kappa shape index (κ3) is 8.22. The predicted octanol–water partition coefficient (Wildman–Crippen LogP) is 3.02. The number of aliphatic hydroxyl groups excluding tert-OH is 1. The molecular formula is C24H37IN6O. The normalized spacial score (nSPS) is 15.7. The minimum Gasteiger partial charge on any atom is -0.388 e. The number of anilines is 1. The van der Waals surface area contributed by atoms with Gasteiger partial charge < -0.3 is 25.5 Å². The molecule has 0 radical (unpaired) electrons. The van der Waals surface area contributed by atoms with E-state index >= 15 is 0 Å². The highest BCUT2D eigenvalue weighted by Crippen LogP contribution is 2.15. The Balaban J connectivity index is 0.00000363. The van der Waals surface area contributed by atoms with Crippen molar-refractivity contribution in [1.29, 1.82) is 0 Å². The zero-order chi connectivity index (χ0) is 21.9. The summed E-state index contributed by atoms with van der Waals surface area (Å²) in [5.74, 6) is 1.80. The maximum atomic E-state index is 10.3. The number of likely N-dealkylation sites (N-methyl/N-ethyl adjacent to an activating group) is 1. The van der Waals surface area contributed by atoms with Crippen molar-refractivity contribution in [3.8, 4) is 0 Å². The number of aliphatic imine (C=N–C) groups is 1. The summed E-state index contributed by atoms with van der Waals surface area (Å²) >= 11 is 0. The Labute approximate surface area is 209 Å². The molecule has 1 fully saturated rings. The lowest BCUT2D eigenvalue weighted by molar-refractivity contribution is 0.168. The largest absolute Gasteiger partial charge is 0.388 e. The van der Waals surface area contributed by atoms with Gasteiger partial charge in [-0.2, -0.15) is 0 Å². The van der Waals surface area contributed by atoms with Gasteiger partial charge in [-0.15, -0.1) is 24.0 Å². The Bertz CT molecular complexity index is 794. The van der Waals surface area contributed by atoms with Crippen molar-refractivity contribution < 1.29 is 5.11 Å². The molecule has 32 heavy (non-hydrogen) atoms. The summed E-state index contributed by atoms with van der Waals surface area (Å²) in [5, 5.41) is 16.9. The van der Waals surface area contributed by atoms with Crippen LogP contribution in [0.2, 0.25) is 0 Å². The van der Waals surface area contributed by atoms with Gasteiger partial charge in [-0.1, -0.05) is 43.3 Å². The van der Waals surface area contributed by atoms with Crippen LogP contribution in [0.5, 0.6) is 0 Å². The molecule has 1 aromatic carbocycles. The van der Waals surface area contributed by atoms with Crippen molar-refractivity contribution >= 4 is 35.8 Å². The number of benzene rings is 1. The number of halogens is 1. The highest BCUT2D eigenvalue weighted by Gasteiger charge is 2.16. The summed E-state index contributed by atoms with van der Waals surface area (Å²) in [4.78, 5) is 14.1. The van der Waals surface area contributed by atoms with E-state index in [1.165, 1.54) is 0 Å². The third-order valence-corrected chi connectivity index (χ3v) is 5.61. The van der Waals surface area contributed by atoms with E-state index in [1.807, 2.05) is 43.5 Å². The number of guanidine groups is 1. The molecule has 0 bridgehead atoms. The Morgan fingerprint density at radius 1 is 1.06 bits per heavy atom. The number of pyridine rings is 1. The minimum absolute atomic E-state index is 0. The molecule has 1 atom stereocenters. The quantitative estimate of drug-likeness (QED) is 0.252. The Hall–Kier alpha value is -1.91. The van der Waals surface area contributed by atoms with E-state index < -0.39 is 6.10 Å². The minimum atomic E-state index is -0.479. The fourth-order valence-corrected chi connectivity index (χ4v) is 3.67. The molecule has 0 spiro atoms. The first-order chi connectivity index (χ1) is 15.2. The topological polar surface area (TPSA) is 76.0 Å². The SMILES string of the molecule is CCNC(=NCc1ccc(N2CCN(CC)CC2)nc1)NCCC(O)c1ccccc1.I. The molecule has 2 aromatic rings. The average Bonchev–Trinajstić information content (AvgIpc) is 2.83. The molecular weight excluding hydrogens is 515 g/mol. The standard InChI is InChI=1S/C24H36N6O.HI/c1-3-25-24(26-13-12-22(31)21-8-6-5-7-9-21)28-19-20-10-11-23(27-18-20)30-16-14-29(4-2)15-17-30;/h5-11,18,22,31H,3-4,12-17,19H2,1-2H3,(H2,25,26,28);1H. The number of hydrogen-bond donors (Lipinski definition) is 3. The average molecular weight is 553 g/mol. The maximum absolute atomic E-state index is 10.3. The fourth-order valence-electron chi connectivity index (χ4n) is 3.67. The fraction of sp³-hybridized carbons (Fsp3) is 0.500. The zero-order valence-corrected chi connectivity index (χ0v) is 21.5. The van der Waals surface area contributed by atoms with Crippen molar-refractivity contribution in [1.82, 2.24) is 20.5 Å². The van der Waals surface area contributed by atoms with Crippen molar-refractivity contribution in [2.75, 3.05) is 50.7 Å². The molecule has 7 nitrogen and oxygen atoms in total. The molecule has 3 N–H and O–H groups in total. The first-order valence-electron chi connectivity index (χ1n) is 11.4. The molecule has 176 valence electrons. The van der Waals surface area contributed by atoms with Gasteiger partial charge in [0.05, 0.1) is 12.6 Å². The highest BCUT2D eigenvalue weighted by molar-refractivity contribution is 14.0. The molecule has 1 aliphatic rings. The molecule has 0 saturated carbocycles. The number of hydrogen-bond acceptors (Lipinski definition) is 5. The lowest BCUT2D eigenvalue weighted by Gasteiger charge is -2.34. The molecule has 1 unspecified atom stereocenters. The summed E-state index contributed by atoms with van der Waals surface area (Å²) in [7, 11) is 0. The van der Waals surface area contributed by atoms with Gasteiger partial charge >= 0.3 is 0 Å². The van der Waals surface area contributed by atoms with Crippen molar-refractivity contribution in [2.45, 2.75) is 32.9 Å². The molecule has 1 saturated heterocycles. The lowest BCUT2D eigenvalue weighted by Crippen LogP contribution is -2.46. The van der Waals surface area contributed by atoms with Crippen molar-refractivity contribution in [3.05, 3.63) is 59.8 Å². The Kier molecular flexibility index (Phi) is 11.8.